The van der Waals surface area contributed by atoms with Crippen LogP contribution in [0.15, 0.2) is 17.5 Å². The number of benzene rings is 1. The summed E-state index contributed by atoms with van der Waals surface area (Å²) in [7, 11) is -1.56. The van der Waals surface area contributed by atoms with Gasteiger partial charge in [0.25, 0.3) is 0 Å². The van der Waals surface area contributed by atoms with Gasteiger partial charge < -0.3 is 21.5 Å². The second kappa shape index (κ2) is 3.16. The van der Waals surface area contributed by atoms with Crippen LogP contribution in [0.2, 0.25) is 0 Å². The highest BCUT2D eigenvalue weighted by atomic mass is 32.1. The van der Waals surface area contributed by atoms with E-state index < -0.39 is 7.12 Å². The van der Waals surface area contributed by atoms with Gasteiger partial charge in [0.2, 0.25) is 0 Å². The first-order valence-electron chi connectivity index (χ1n) is 4.02. The van der Waals surface area contributed by atoms with Crippen molar-refractivity contribution < 1.29 is 10.0 Å². The first-order valence-corrected chi connectivity index (χ1v) is 4.90. The van der Waals surface area contributed by atoms with Gasteiger partial charge in [0.1, 0.15) is 0 Å². The average Bonchev–Trinajstić information content (AvgIpc) is 2.47. The fourth-order valence-electron chi connectivity index (χ4n) is 1.42. The minimum absolute atomic E-state index is 0.337. The molecule has 0 bridgehead atoms. The van der Waals surface area contributed by atoms with Crippen LogP contribution in [0.3, 0.4) is 0 Å². The fourth-order valence-corrected chi connectivity index (χ4v) is 2.46. The molecule has 0 saturated carbocycles. The minimum atomic E-state index is -1.56. The van der Waals surface area contributed by atoms with Crippen LogP contribution in [0.25, 0.3) is 10.1 Å². The molecule has 1 aromatic carbocycles. The molecule has 2 rings (SSSR count). The van der Waals surface area contributed by atoms with Crippen LogP contribution in [-0.2, 0) is 0 Å². The monoisotopic (exact) mass is 208 g/mol. The van der Waals surface area contributed by atoms with Gasteiger partial charge >= 0.3 is 7.12 Å². The SMILES string of the molecule is Nc1ccc2c(N)csc2c1B(O)O. The molecule has 0 fully saturated rings. The summed E-state index contributed by atoms with van der Waals surface area (Å²) in [5.74, 6) is 0. The average molecular weight is 208 g/mol. The number of hydrogen-bond acceptors (Lipinski definition) is 5. The summed E-state index contributed by atoms with van der Waals surface area (Å²) >= 11 is 1.36. The quantitative estimate of drug-likeness (QED) is 0.384. The molecule has 0 saturated heterocycles. The van der Waals surface area contributed by atoms with Crippen molar-refractivity contribution in [1.82, 2.24) is 0 Å². The zero-order chi connectivity index (χ0) is 10.3. The number of rotatable bonds is 1. The van der Waals surface area contributed by atoms with Crippen molar-refractivity contribution in [2.24, 2.45) is 0 Å². The molecule has 2 aromatic rings. The molecule has 0 aliphatic carbocycles. The minimum Gasteiger partial charge on any atom is -0.423 e. The number of nitrogen functional groups attached to an aromatic ring is 2. The third-order valence-corrected chi connectivity index (χ3v) is 3.15. The third-order valence-electron chi connectivity index (χ3n) is 2.10. The molecule has 4 nitrogen and oxygen atoms in total. The summed E-state index contributed by atoms with van der Waals surface area (Å²) in [4.78, 5) is 0. The Balaban J connectivity index is 2.83. The molecule has 0 aliphatic rings. The van der Waals surface area contributed by atoms with Crippen molar-refractivity contribution in [2.45, 2.75) is 0 Å². The highest BCUT2D eigenvalue weighted by Gasteiger charge is 2.19. The lowest BCUT2D eigenvalue weighted by molar-refractivity contribution is 0.426. The highest BCUT2D eigenvalue weighted by molar-refractivity contribution is 7.19. The molecule has 0 amide bonds. The maximum absolute atomic E-state index is 9.15. The molecular formula is C8H9BN2O2S. The van der Waals surface area contributed by atoms with Crippen LogP contribution < -0.4 is 16.9 Å². The Kier molecular flexibility index (Phi) is 2.11. The molecule has 14 heavy (non-hydrogen) atoms. The van der Waals surface area contributed by atoms with Gasteiger partial charge in [-0.25, -0.2) is 0 Å². The molecule has 1 aromatic heterocycles. The van der Waals surface area contributed by atoms with Crippen LogP contribution in [0, 0.1) is 0 Å². The van der Waals surface area contributed by atoms with E-state index >= 15 is 0 Å². The summed E-state index contributed by atoms with van der Waals surface area (Å²) in [6.07, 6.45) is 0. The van der Waals surface area contributed by atoms with Crippen LogP contribution in [0.4, 0.5) is 11.4 Å². The Morgan fingerprint density at radius 1 is 1.14 bits per heavy atom. The summed E-state index contributed by atoms with van der Waals surface area (Å²) < 4.78 is 0.734. The summed E-state index contributed by atoms with van der Waals surface area (Å²) in [5.41, 5.74) is 12.7. The fraction of sp³-hybridized carbons (Fsp3) is 0. The second-order valence-electron chi connectivity index (χ2n) is 3.01. The first kappa shape index (κ1) is 9.33. The highest BCUT2D eigenvalue weighted by Crippen LogP contribution is 2.28. The van der Waals surface area contributed by atoms with E-state index in [0.717, 1.165) is 10.1 Å². The van der Waals surface area contributed by atoms with Crippen molar-refractivity contribution in [3.05, 3.63) is 17.5 Å². The van der Waals surface area contributed by atoms with Crippen LogP contribution in [0.5, 0.6) is 0 Å². The molecular weight excluding hydrogens is 199 g/mol. The maximum Gasteiger partial charge on any atom is 0.492 e. The van der Waals surface area contributed by atoms with Crippen molar-refractivity contribution in [3.63, 3.8) is 0 Å². The van der Waals surface area contributed by atoms with Gasteiger partial charge in [-0.1, -0.05) is 0 Å². The molecule has 6 N–H and O–H groups in total. The molecule has 0 radical (unpaired) electrons. The topological polar surface area (TPSA) is 92.5 Å². The van der Waals surface area contributed by atoms with E-state index in [4.69, 9.17) is 21.5 Å². The van der Waals surface area contributed by atoms with Crippen LogP contribution in [-0.4, -0.2) is 17.2 Å². The molecule has 0 aliphatic heterocycles. The third kappa shape index (κ3) is 1.24. The van der Waals surface area contributed by atoms with E-state index in [0.29, 0.717) is 16.8 Å². The van der Waals surface area contributed by atoms with Gasteiger partial charge in [-0.2, -0.15) is 0 Å². The van der Waals surface area contributed by atoms with Crippen molar-refractivity contribution >= 4 is 45.4 Å². The second-order valence-corrected chi connectivity index (χ2v) is 3.89. The summed E-state index contributed by atoms with van der Waals surface area (Å²) in [6, 6.07) is 3.41. The van der Waals surface area contributed by atoms with Gasteiger partial charge in [-0.15, -0.1) is 11.3 Å². The Labute approximate surface area is 84.9 Å². The zero-order valence-corrected chi connectivity index (χ0v) is 8.08. The molecule has 72 valence electrons. The molecule has 6 heteroatoms. The molecule has 0 atom stereocenters. The normalized spacial score (nSPS) is 10.7. The number of thiophene rings is 1. The van der Waals surface area contributed by atoms with Crippen molar-refractivity contribution in [3.8, 4) is 0 Å². The van der Waals surface area contributed by atoms with Crippen molar-refractivity contribution in [1.29, 1.82) is 0 Å². The predicted octanol–water partition coefficient (Wildman–Crippen LogP) is -0.254. The van der Waals surface area contributed by atoms with Gasteiger partial charge in [-0.3, -0.25) is 0 Å². The molecule has 0 spiro atoms. The van der Waals surface area contributed by atoms with E-state index in [-0.39, 0.29) is 0 Å². The predicted molar refractivity (Wildman–Crippen MR) is 60.5 cm³/mol. The van der Waals surface area contributed by atoms with Crippen molar-refractivity contribution in [2.75, 3.05) is 11.5 Å². The smallest absolute Gasteiger partial charge is 0.423 e. The van der Waals surface area contributed by atoms with Gasteiger partial charge in [0, 0.05) is 26.6 Å². The number of hydrogen-bond donors (Lipinski definition) is 4. The van der Waals surface area contributed by atoms with E-state index in [2.05, 4.69) is 0 Å². The van der Waals surface area contributed by atoms with Crippen LogP contribution in [0.1, 0.15) is 0 Å². The van der Waals surface area contributed by atoms with E-state index in [1.807, 2.05) is 0 Å². The first-order chi connectivity index (χ1) is 6.61. The van der Waals surface area contributed by atoms with E-state index in [1.165, 1.54) is 11.3 Å². The Bertz CT molecular complexity index is 483. The number of anilines is 2. The summed E-state index contributed by atoms with van der Waals surface area (Å²) in [5, 5.41) is 20.9. The lowest BCUT2D eigenvalue weighted by Crippen LogP contribution is -2.32. The Morgan fingerprint density at radius 2 is 1.86 bits per heavy atom. The lowest BCUT2D eigenvalue weighted by Gasteiger charge is -2.05. The standard InChI is InChI=1S/C8H9BN2O2S/c10-5-2-1-4-6(11)3-14-8(4)7(5)9(12)13/h1-3,12-13H,10-11H2. The molecule has 0 unspecified atom stereocenters. The summed E-state index contributed by atoms with van der Waals surface area (Å²) in [6.45, 7) is 0. The zero-order valence-electron chi connectivity index (χ0n) is 7.27. The van der Waals surface area contributed by atoms with E-state index in [9.17, 15) is 0 Å². The molecule has 1 heterocycles. The van der Waals surface area contributed by atoms with E-state index in [1.54, 1.807) is 17.5 Å². The lowest BCUT2D eigenvalue weighted by atomic mass is 9.78. The number of nitrogens with two attached hydrogens (primary N) is 2. The Hall–Kier alpha value is -1.24. The Morgan fingerprint density at radius 3 is 2.50 bits per heavy atom. The largest absolute Gasteiger partial charge is 0.492 e. The van der Waals surface area contributed by atoms with Crippen LogP contribution >= 0.6 is 11.3 Å². The van der Waals surface area contributed by atoms with Gasteiger partial charge in [0.15, 0.2) is 0 Å². The maximum atomic E-state index is 9.15. The number of fused-ring (bicyclic) bond motifs is 1. The van der Waals surface area contributed by atoms with Gasteiger partial charge in [0.05, 0.1) is 5.69 Å². The van der Waals surface area contributed by atoms with Gasteiger partial charge in [-0.05, 0) is 12.1 Å².